The van der Waals surface area contributed by atoms with Crippen LogP contribution < -0.4 is 0 Å². The third-order valence-electron chi connectivity index (χ3n) is 2.98. The summed E-state index contributed by atoms with van der Waals surface area (Å²) in [5.74, 6) is -3.52. The zero-order chi connectivity index (χ0) is 14.8. The van der Waals surface area contributed by atoms with E-state index < -0.39 is 18.1 Å². The summed E-state index contributed by atoms with van der Waals surface area (Å²) in [6.45, 7) is 1.39. The molecular weight excluding hydrogens is 269 g/mol. The fraction of sp³-hybridized carbons (Fsp3) is 0.267. The Morgan fingerprint density at radius 2 is 1.80 bits per heavy atom. The van der Waals surface area contributed by atoms with E-state index in [2.05, 4.69) is 4.74 Å². The van der Waals surface area contributed by atoms with Crippen LogP contribution in [0.15, 0.2) is 42.5 Å². The van der Waals surface area contributed by atoms with Crippen molar-refractivity contribution in [1.29, 1.82) is 0 Å². The molecule has 1 atom stereocenters. The lowest BCUT2D eigenvalue weighted by Gasteiger charge is -2.20. The van der Waals surface area contributed by atoms with Crippen molar-refractivity contribution in [3.63, 3.8) is 0 Å². The molecule has 0 bridgehead atoms. The quantitative estimate of drug-likeness (QED) is 0.794. The van der Waals surface area contributed by atoms with Gasteiger partial charge in [0.05, 0.1) is 6.61 Å². The van der Waals surface area contributed by atoms with E-state index in [0.29, 0.717) is 10.8 Å². The van der Waals surface area contributed by atoms with Gasteiger partial charge in [-0.2, -0.15) is 13.2 Å². The minimum atomic E-state index is -4.68. The molecule has 0 amide bonds. The molecule has 106 valence electrons. The van der Waals surface area contributed by atoms with E-state index in [4.69, 9.17) is 0 Å². The second kappa shape index (κ2) is 5.53. The van der Waals surface area contributed by atoms with E-state index in [-0.39, 0.29) is 12.2 Å². The number of ether oxygens (including phenoxy) is 1. The minimum absolute atomic E-state index is 0.0750. The molecule has 0 aromatic heterocycles. The number of fused-ring (bicyclic) bond motifs is 1. The molecule has 0 aliphatic heterocycles. The summed E-state index contributed by atoms with van der Waals surface area (Å²) in [6.07, 6.45) is -4.68. The largest absolute Gasteiger partial charge is 0.465 e. The van der Waals surface area contributed by atoms with Gasteiger partial charge in [0.1, 0.15) is 0 Å². The van der Waals surface area contributed by atoms with Crippen molar-refractivity contribution in [3.05, 3.63) is 48.0 Å². The lowest BCUT2D eigenvalue weighted by molar-refractivity contribution is -0.180. The molecule has 0 aliphatic rings. The maximum Gasteiger partial charge on any atom is 0.406 e. The average Bonchev–Trinajstić information content (AvgIpc) is 2.38. The fourth-order valence-corrected chi connectivity index (χ4v) is 2.16. The lowest BCUT2D eigenvalue weighted by Crippen LogP contribution is -2.30. The van der Waals surface area contributed by atoms with E-state index >= 15 is 0 Å². The Balaban J connectivity index is 2.60. The van der Waals surface area contributed by atoms with Gasteiger partial charge in [-0.1, -0.05) is 42.5 Å². The topological polar surface area (TPSA) is 26.3 Å². The Labute approximate surface area is 114 Å². The van der Waals surface area contributed by atoms with Gasteiger partial charge in [-0.3, -0.25) is 4.79 Å². The summed E-state index contributed by atoms with van der Waals surface area (Å²) in [5.41, 5.74) is -0.0750. The maximum absolute atomic E-state index is 13.2. The van der Waals surface area contributed by atoms with Gasteiger partial charge in [0.25, 0.3) is 0 Å². The van der Waals surface area contributed by atoms with Gasteiger partial charge in [0, 0.05) is 0 Å². The summed E-state index contributed by atoms with van der Waals surface area (Å²) in [7, 11) is 0. The maximum atomic E-state index is 13.2. The number of carbonyl (C=O) groups excluding carboxylic acids is 1. The second-order valence-electron chi connectivity index (χ2n) is 4.30. The van der Waals surface area contributed by atoms with Gasteiger partial charge in [-0.25, -0.2) is 0 Å². The number of alkyl halides is 3. The standard InChI is InChI=1S/C15H13F3O2/c1-2-20-14(19)13(15(16,17)18)12-9-5-7-10-6-3-4-8-11(10)12/h3-9,13H,2H2,1H3/t13-/m1/s1. The van der Waals surface area contributed by atoms with Crippen LogP contribution in [0.2, 0.25) is 0 Å². The number of hydrogen-bond donors (Lipinski definition) is 0. The van der Waals surface area contributed by atoms with E-state index in [1.165, 1.54) is 19.1 Å². The van der Waals surface area contributed by atoms with Gasteiger partial charge in [0.15, 0.2) is 5.92 Å². The first-order chi connectivity index (χ1) is 9.45. The third-order valence-corrected chi connectivity index (χ3v) is 2.98. The predicted molar refractivity (Wildman–Crippen MR) is 69.4 cm³/mol. The summed E-state index contributed by atoms with van der Waals surface area (Å²) in [5, 5.41) is 1.06. The molecular formula is C15H13F3O2. The molecule has 2 aromatic carbocycles. The molecule has 2 rings (SSSR count). The molecule has 0 fully saturated rings. The smallest absolute Gasteiger partial charge is 0.406 e. The summed E-state index contributed by atoms with van der Waals surface area (Å²) >= 11 is 0. The van der Waals surface area contributed by atoms with Crippen LogP contribution in [0, 0.1) is 0 Å². The first-order valence-electron chi connectivity index (χ1n) is 6.16. The first-order valence-corrected chi connectivity index (χ1v) is 6.16. The molecule has 0 spiro atoms. The molecule has 0 unspecified atom stereocenters. The van der Waals surface area contributed by atoms with Crippen LogP contribution in [0.3, 0.4) is 0 Å². The highest BCUT2D eigenvalue weighted by Gasteiger charge is 2.47. The monoisotopic (exact) mass is 282 g/mol. The summed E-state index contributed by atoms with van der Waals surface area (Å²) < 4.78 is 44.2. The van der Waals surface area contributed by atoms with Crippen molar-refractivity contribution < 1.29 is 22.7 Å². The van der Waals surface area contributed by atoms with Crippen molar-refractivity contribution in [2.75, 3.05) is 6.61 Å². The number of benzene rings is 2. The Morgan fingerprint density at radius 3 is 2.45 bits per heavy atom. The van der Waals surface area contributed by atoms with Crippen LogP contribution >= 0.6 is 0 Å². The zero-order valence-electron chi connectivity index (χ0n) is 10.8. The van der Waals surface area contributed by atoms with Crippen LogP contribution in [0.4, 0.5) is 13.2 Å². The van der Waals surface area contributed by atoms with Gasteiger partial charge in [0.2, 0.25) is 0 Å². The van der Waals surface area contributed by atoms with E-state index in [1.54, 1.807) is 30.3 Å². The minimum Gasteiger partial charge on any atom is -0.465 e. The van der Waals surface area contributed by atoms with Crippen LogP contribution in [-0.2, 0) is 9.53 Å². The molecule has 2 aromatic rings. The fourth-order valence-electron chi connectivity index (χ4n) is 2.16. The zero-order valence-corrected chi connectivity index (χ0v) is 10.8. The average molecular weight is 282 g/mol. The molecule has 0 aliphatic carbocycles. The SMILES string of the molecule is CCOC(=O)[C@@H](c1cccc2ccccc12)C(F)(F)F. The van der Waals surface area contributed by atoms with Crippen molar-refractivity contribution in [1.82, 2.24) is 0 Å². The van der Waals surface area contributed by atoms with Crippen LogP contribution in [0.1, 0.15) is 18.4 Å². The number of hydrogen-bond acceptors (Lipinski definition) is 2. The van der Waals surface area contributed by atoms with Crippen molar-refractivity contribution in [2.24, 2.45) is 0 Å². The van der Waals surface area contributed by atoms with Crippen molar-refractivity contribution in [2.45, 2.75) is 19.0 Å². The van der Waals surface area contributed by atoms with Gasteiger partial charge >= 0.3 is 12.1 Å². The number of carbonyl (C=O) groups is 1. The Kier molecular flexibility index (Phi) is 3.97. The molecule has 5 heteroatoms. The van der Waals surface area contributed by atoms with Crippen LogP contribution in [-0.4, -0.2) is 18.8 Å². The lowest BCUT2D eigenvalue weighted by atomic mass is 9.93. The van der Waals surface area contributed by atoms with Crippen LogP contribution in [0.5, 0.6) is 0 Å². The molecule has 0 saturated carbocycles. The number of halogens is 3. The molecule has 0 N–H and O–H groups in total. The highest BCUT2D eigenvalue weighted by atomic mass is 19.4. The van der Waals surface area contributed by atoms with Gasteiger partial charge in [-0.15, -0.1) is 0 Å². The molecule has 0 heterocycles. The second-order valence-corrected chi connectivity index (χ2v) is 4.30. The van der Waals surface area contributed by atoms with Crippen molar-refractivity contribution >= 4 is 16.7 Å². The Hall–Kier alpha value is -2.04. The van der Waals surface area contributed by atoms with E-state index in [9.17, 15) is 18.0 Å². The van der Waals surface area contributed by atoms with Gasteiger partial charge in [-0.05, 0) is 23.3 Å². The molecule has 20 heavy (non-hydrogen) atoms. The van der Waals surface area contributed by atoms with E-state index in [0.717, 1.165) is 0 Å². The number of esters is 1. The first kappa shape index (κ1) is 14.4. The summed E-state index contributed by atoms with van der Waals surface area (Å²) in [6, 6.07) is 11.2. The Morgan fingerprint density at radius 1 is 1.15 bits per heavy atom. The van der Waals surface area contributed by atoms with Crippen molar-refractivity contribution in [3.8, 4) is 0 Å². The van der Waals surface area contributed by atoms with E-state index in [1.807, 2.05) is 0 Å². The highest BCUT2D eigenvalue weighted by molar-refractivity contribution is 5.91. The Bertz CT molecular complexity index is 615. The third kappa shape index (κ3) is 2.76. The summed E-state index contributed by atoms with van der Waals surface area (Å²) in [4.78, 5) is 11.7. The molecule has 2 nitrogen and oxygen atoms in total. The molecule has 0 radical (unpaired) electrons. The highest BCUT2D eigenvalue weighted by Crippen LogP contribution is 2.38. The normalized spacial score (nSPS) is 13.2. The number of rotatable bonds is 3. The predicted octanol–water partition coefficient (Wildman–Crippen LogP) is 4.05. The molecule has 0 saturated heterocycles. The van der Waals surface area contributed by atoms with Gasteiger partial charge < -0.3 is 4.74 Å². The van der Waals surface area contributed by atoms with Crippen LogP contribution in [0.25, 0.3) is 10.8 Å².